The Morgan fingerprint density at radius 2 is 1.47 bits per heavy atom. The van der Waals surface area contributed by atoms with Crippen LogP contribution in [0.4, 0.5) is 11.4 Å². The third-order valence-corrected chi connectivity index (χ3v) is 10.8. The van der Waals surface area contributed by atoms with Crippen LogP contribution in [0.5, 0.6) is 0 Å². The summed E-state index contributed by atoms with van der Waals surface area (Å²) in [5, 5.41) is 10.9. The second kappa shape index (κ2) is 12.9. The number of nitrogens with zero attached hydrogens (tertiary/aromatic N) is 4. The Morgan fingerprint density at radius 1 is 0.816 bits per heavy atom. The number of amides is 3. The van der Waals surface area contributed by atoms with E-state index in [-0.39, 0.29) is 24.3 Å². The van der Waals surface area contributed by atoms with Crippen molar-refractivity contribution in [2.45, 2.75) is 50.6 Å². The third kappa shape index (κ3) is 5.36. The minimum atomic E-state index is -1.44. The average molecular weight is 661 g/mol. The molecular weight excluding hydrogens is 616 g/mol. The zero-order chi connectivity index (χ0) is 34.3. The Morgan fingerprint density at radius 3 is 2.12 bits per heavy atom. The van der Waals surface area contributed by atoms with Gasteiger partial charge in [0.25, 0.3) is 5.91 Å². The molecule has 49 heavy (non-hydrogen) atoms. The summed E-state index contributed by atoms with van der Waals surface area (Å²) in [7, 11) is 0. The molecule has 4 heterocycles. The lowest BCUT2D eigenvalue weighted by Crippen LogP contribution is -2.57. The maximum atomic E-state index is 15.1. The number of likely N-dealkylation sites (tertiary alicyclic amines) is 1. The number of rotatable bonds is 9. The second-order valence-electron chi connectivity index (χ2n) is 13.5. The normalized spacial score (nSPS) is 28.2. The summed E-state index contributed by atoms with van der Waals surface area (Å²) in [6.45, 7) is 8.41. The first-order chi connectivity index (χ1) is 23.8. The SMILES string of the molecule is CCN(CC)c1ccc(N2CC=C[C@]34O[C@@]5(C)C=CCN(Cc6ccccc6)C(=O)[C@H]5[C@H]3C(=O)N([C@H](CO)c3ccccc3)C4C2=O)cc1. The summed E-state index contributed by atoms with van der Waals surface area (Å²) >= 11 is 0. The van der Waals surface area contributed by atoms with Crippen LogP contribution in [0.3, 0.4) is 0 Å². The number of carbonyl (C=O) groups is 3. The molecule has 254 valence electrons. The van der Waals surface area contributed by atoms with Gasteiger partial charge in [0.2, 0.25) is 11.8 Å². The summed E-state index contributed by atoms with van der Waals surface area (Å²) in [5.41, 5.74) is 0.854. The van der Waals surface area contributed by atoms with Crippen molar-refractivity contribution >= 4 is 29.1 Å². The summed E-state index contributed by atoms with van der Waals surface area (Å²) in [5.74, 6) is -2.76. The Balaban J connectivity index is 1.33. The largest absolute Gasteiger partial charge is 0.394 e. The lowest BCUT2D eigenvalue weighted by molar-refractivity contribution is -0.151. The van der Waals surface area contributed by atoms with Crippen molar-refractivity contribution < 1.29 is 24.2 Å². The van der Waals surface area contributed by atoms with Crippen LogP contribution in [-0.4, -0.2) is 82.7 Å². The van der Waals surface area contributed by atoms with E-state index in [0.717, 1.165) is 24.3 Å². The van der Waals surface area contributed by atoms with Gasteiger partial charge in [-0.05, 0) is 56.2 Å². The van der Waals surface area contributed by atoms with Gasteiger partial charge in [-0.2, -0.15) is 0 Å². The number of aliphatic hydroxyl groups excluding tert-OH is 1. The molecule has 9 nitrogen and oxygen atoms in total. The minimum Gasteiger partial charge on any atom is -0.394 e. The second-order valence-corrected chi connectivity index (χ2v) is 13.5. The Bertz CT molecular complexity index is 1760. The molecule has 6 atom stereocenters. The highest BCUT2D eigenvalue weighted by atomic mass is 16.5. The maximum Gasteiger partial charge on any atom is 0.253 e. The van der Waals surface area contributed by atoms with Gasteiger partial charge >= 0.3 is 0 Å². The molecule has 2 fully saturated rings. The number of hydrogen-bond acceptors (Lipinski definition) is 6. The van der Waals surface area contributed by atoms with Crippen LogP contribution < -0.4 is 9.80 Å². The zero-order valence-electron chi connectivity index (χ0n) is 28.3. The first-order valence-corrected chi connectivity index (χ1v) is 17.3. The maximum absolute atomic E-state index is 15.1. The Kier molecular flexibility index (Phi) is 8.67. The molecule has 2 saturated heterocycles. The van der Waals surface area contributed by atoms with E-state index in [1.807, 2.05) is 116 Å². The van der Waals surface area contributed by atoms with E-state index in [9.17, 15) is 9.90 Å². The molecule has 1 N–H and O–H groups in total. The van der Waals surface area contributed by atoms with E-state index in [4.69, 9.17) is 4.74 Å². The van der Waals surface area contributed by atoms with Crippen LogP contribution in [0.15, 0.2) is 109 Å². The van der Waals surface area contributed by atoms with Crippen molar-refractivity contribution in [1.29, 1.82) is 0 Å². The van der Waals surface area contributed by atoms with Crippen molar-refractivity contribution in [3.05, 3.63) is 120 Å². The smallest absolute Gasteiger partial charge is 0.253 e. The lowest BCUT2D eigenvalue weighted by Gasteiger charge is -2.40. The molecule has 0 radical (unpaired) electrons. The number of hydrogen-bond donors (Lipinski definition) is 1. The number of carbonyl (C=O) groups excluding carboxylic acids is 3. The highest BCUT2D eigenvalue weighted by Crippen LogP contribution is 2.59. The molecule has 3 aromatic carbocycles. The predicted octanol–water partition coefficient (Wildman–Crippen LogP) is 4.74. The van der Waals surface area contributed by atoms with Crippen LogP contribution >= 0.6 is 0 Å². The molecule has 0 bridgehead atoms. The van der Waals surface area contributed by atoms with Crippen LogP contribution in [0.2, 0.25) is 0 Å². The molecule has 3 amide bonds. The summed E-state index contributed by atoms with van der Waals surface area (Å²) in [4.78, 5) is 52.0. The van der Waals surface area contributed by atoms with Crippen LogP contribution in [0, 0.1) is 11.8 Å². The Labute approximate surface area is 288 Å². The highest BCUT2D eigenvalue weighted by Gasteiger charge is 2.75. The van der Waals surface area contributed by atoms with Crippen LogP contribution in [0.25, 0.3) is 0 Å². The molecule has 0 aliphatic carbocycles. The summed E-state index contributed by atoms with van der Waals surface area (Å²) in [6.07, 6.45) is 7.57. The minimum absolute atomic E-state index is 0.193. The Hall–Kier alpha value is -4.73. The van der Waals surface area contributed by atoms with Crippen molar-refractivity contribution in [2.75, 3.05) is 42.6 Å². The standard InChI is InChI=1S/C40H44N4O5/c1-4-41(5-2)30-18-20-31(21-19-30)43-25-13-23-40-34(37(47)44(35(40)38(43)48)32(27-45)29-16-10-7-11-17-29)33-36(46)42(24-12-22-39(33,3)49-40)26-28-14-8-6-9-15-28/h6-23,32-35,45H,4-5,24-27H2,1-3H3/t32-,33-,34+,35?,39+,40+/m1/s1. The molecule has 0 saturated carbocycles. The fourth-order valence-electron chi connectivity index (χ4n) is 8.49. The van der Waals surface area contributed by atoms with Crippen molar-refractivity contribution in [3.8, 4) is 0 Å². The monoisotopic (exact) mass is 660 g/mol. The van der Waals surface area contributed by atoms with Gasteiger partial charge in [-0.15, -0.1) is 0 Å². The van der Waals surface area contributed by atoms with Gasteiger partial charge in [0.05, 0.1) is 30.1 Å². The van der Waals surface area contributed by atoms with E-state index >= 15 is 9.59 Å². The van der Waals surface area contributed by atoms with Gasteiger partial charge in [-0.1, -0.05) is 85.0 Å². The number of fused-ring (bicyclic) bond motifs is 2. The molecule has 1 spiro atoms. The lowest BCUT2D eigenvalue weighted by atomic mass is 9.74. The highest BCUT2D eigenvalue weighted by molar-refractivity contribution is 6.06. The van der Waals surface area contributed by atoms with Crippen LogP contribution in [-0.2, 0) is 25.7 Å². The third-order valence-electron chi connectivity index (χ3n) is 10.8. The van der Waals surface area contributed by atoms with Crippen molar-refractivity contribution in [3.63, 3.8) is 0 Å². The van der Waals surface area contributed by atoms with Gasteiger partial charge in [-0.25, -0.2) is 0 Å². The fraction of sp³-hybridized carbons (Fsp3) is 0.375. The molecular formula is C40H44N4O5. The fourth-order valence-corrected chi connectivity index (χ4v) is 8.49. The summed E-state index contributed by atoms with van der Waals surface area (Å²) < 4.78 is 7.04. The topological polar surface area (TPSA) is 93.6 Å². The summed E-state index contributed by atoms with van der Waals surface area (Å²) in [6, 6.07) is 25.0. The molecule has 4 aliphatic heterocycles. The van der Waals surface area contributed by atoms with Crippen molar-refractivity contribution in [2.24, 2.45) is 11.8 Å². The van der Waals surface area contributed by atoms with Crippen molar-refractivity contribution in [1.82, 2.24) is 9.80 Å². The first kappa shape index (κ1) is 32.8. The number of benzene rings is 3. The average Bonchev–Trinajstić information content (AvgIpc) is 3.39. The van der Waals surface area contributed by atoms with E-state index in [2.05, 4.69) is 18.7 Å². The first-order valence-electron chi connectivity index (χ1n) is 17.3. The van der Waals surface area contributed by atoms with Crippen LogP contribution in [0.1, 0.15) is 37.9 Å². The van der Waals surface area contributed by atoms with E-state index in [1.54, 1.807) is 9.80 Å². The van der Waals surface area contributed by atoms with Gasteiger partial charge in [-0.3, -0.25) is 14.4 Å². The number of ether oxygens (including phenoxy) is 1. The molecule has 7 rings (SSSR count). The van der Waals surface area contributed by atoms with Gasteiger partial charge in [0.15, 0.2) is 0 Å². The number of anilines is 2. The van der Waals surface area contributed by atoms with Gasteiger partial charge < -0.3 is 29.4 Å². The van der Waals surface area contributed by atoms with Gasteiger partial charge in [0.1, 0.15) is 11.6 Å². The van der Waals surface area contributed by atoms with Gasteiger partial charge in [0, 0.05) is 44.1 Å². The zero-order valence-corrected chi connectivity index (χ0v) is 28.3. The molecule has 9 heteroatoms. The predicted molar refractivity (Wildman–Crippen MR) is 189 cm³/mol. The number of aliphatic hydroxyl groups is 1. The molecule has 4 aliphatic rings. The molecule has 0 aromatic heterocycles. The quantitative estimate of drug-likeness (QED) is 0.334. The van der Waals surface area contributed by atoms with E-state index in [0.29, 0.717) is 24.3 Å². The van der Waals surface area contributed by atoms with E-state index in [1.165, 1.54) is 4.90 Å². The van der Waals surface area contributed by atoms with E-state index < -0.39 is 41.7 Å². The molecule has 3 aromatic rings. The molecule has 1 unspecified atom stereocenters.